The van der Waals surface area contributed by atoms with Crippen molar-refractivity contribution in [3.8, 4) is 0 Å². The Morgan fingerprint density at radius 1 is 1.20 bits per heavy atom. The fourth-order valence-corrected chi connectivity index (χ4v) is 4.58. The molecule has 1 aromatic carbocycles. The van der Waals surface area contributed by atoms with Gasteiger partial charge in [0, 0.05) is 24.9 Å². The molecule has 4 atom stereocenters. The second kappa shape index (κ2) is 6.58. The van der Waals surface area contributed by atoms with Crippen LogP contribution in [0.25, 0.3) is 0 Å². The second-order valence-electron chi connectivity index (χ2n) is 7.15. The summed E-state index contributed by atoms with van der Waals surface area (Å²) in [4.78, 5) is 19.4. The fourth-order valence-electron chi connectivity index (χ4n) is 4.58. The van der Waals surface area contributed by atoms with Crippen LogP contribution in [0, 0.1) is 23.6 Å². The van der Waals surface area contributed by atoms with Crippen molar-refractivity contribution in [3.05, 3.63) is 65.7 Å². The highest BCUT2D eigenvalue weighted by atomic mass is 19.1. The third-order valence-corrected chi connectivity index (χ3v) is 5.81. The molecule has 4 heteroatoms. The first-order valence-corrected chi connectivity index (χ1v) is 9.16. The number of hydrogen-bond acceptors (Lipinski definition) is 2. The van der Waals surface area contributed by atoms with Crippen LogP contribution in [-0.2, 0) is 4.79 Å². The van der Waals surface area contributed by atoms with Crippen LogP contribution in [0.1, 0.15) is 43.4 Å². The van der Waals surface area contributed by atoms with Crippen LogP contribution in [0.15, 0.2) is 48.8 Å². The van der Waals surface area contributed by atoms with E-state index in [9.17, 15) is 9.18 Å². The van der Waals surface area contributed by atoms with Gasteiger partial charge in [-0.05, 0) is 60.9 Å². The van der Waals surface area contributed by atoms with E-state index < -0.39 is 0 Å². The topological polar surface area (TPSA) is 33.2 Å². The van der Waals surface area contributed by atoms with E-state index in [2.05, 4.69) is 4.98 Å². The molecule has 25 heavy (non-hydrogen) atoms. The van der Waals surface area contributed by atoms with Crippen molar-refractivity contribution in [3.63, 3.8) is 0 Å². The van der Waals surface area contributed by atoms with Gasteiger partial charge in [-0.25, -0.2) is 4.39 Å². The Morgan fingerprint density at radius 3 is 2.52 bits per heavy atom. The van der Waals surface area contributed by atoms with E-state index in [1.54, 1.807) is 24.5 Å². The molecule has 1 heterocycles. The number of rotatable bonds is 5. The van der Waals surface area contributed by atoms with Gasteiger partial charge in [-0.15, -0.1) is 0 Å². The van der Waals surface area contributed by atoms with Crippen LogP contribution in [0.5, 0.6) is 0 Å². The van der Waals surface area contributed by atoms with Gasteiger partial charge >= 0.3 is 0 Å². The van der Waals surface area contributed by atoms with Crippen molar-refractivity contribution >= 4 is 5.91 Å². The number of fused-ring (bicyclic) bond motifs is 1. The van der Waals surface area contributed by atoms with Gasteiger partial charge in [0.1, 0.15) is 5.82 Å². The molecule has 0 bridgehead atoms. The predicted octanol–water partition coefficient (Wildman–Crippen LogP) is 4.20. The van der Waals surface area contributed by atoms with E-state index >= 15 is 0 Å². The Bertz CT molecular complexity index is 736. The maximum Gasteiger partial charge on any atom is 0.227 e. The first kappa shape index (κ1) is 16.2. The maximum atomic E-state index is 13.4. The highest BCUT2D eigenvalue weighted by Gasteiger charge is 2.57. The average molecular weight is 338 g/mol. The molecule has 0 aliphatic heterocycles. The lowest BCUT2D eigenvalue weighted by Crippen LogP contribution is -2.37. The molecule has 1 aromatic heterocycles. The third-order valence-electron chi connectivity index (χ3n) is 5.81. The number of halogens is 1. The van der Waals surface area contributed by atoms with Crippen LogP contribution in [0.4, 0.5) is 4.39 Å². The smallest absolute Gasteiger partial charge is 0.227 e. The van der Waals surface area contributed by atoms with E-state index in [4.69, 9.17) is 0 Å². The minimum absolute atomic E-state index is 0.188. The first-order valence-electron chi connectivity index (χ1n) is 9.16. The molecule has 0 radical (unpaired) electrons. The number of benzene rings is 1. The number of amides is 1. The predicted molar refractivity (Wildman–Crippen MR) is 94.2 cm³/mol. The Kier molecular flexibility index (Phi) is 4.28. The largest absolute Gasteiger partial charge is 0.332 e. The van der Waals surface area contributed by atoms with Crippen LogP contribution in [0.3, 0.4) is 0 Å². The summed E-state index contributed by atoms with van der Waals surface area (Å²) in [7, 11) is 0. The van der Waals surface area contributed by atoms with Gasteiger partial charge in [0.25, 0.3) is 0 Å². The summed E-state index contributed by atoms with van der Waals surface area (Å²) < 4.78 is 13.4. The van der Waals surface area contributed by atoms with E-state index in [1.807, 2.05) is 24.0 Å². The maximum absolute atomic E-state index is 13.4. The standard InChI is InChI=1S/C21H23FN2O/c1-2-24(21(25)19-17-6-3-7-18(17)19)20(15-5-4-12-23-13-15)14-8-10-16(22)11-9-14/h4-5,8-13,17-20H,2-3,6-7H2,1H3/t17-,18+,19?,20-/m0/s1. The Balaban J connectivity index is 1.68. The van der Waals surface area contributed by atoms with Crippen LogP contribution < -0.4 is 0 Å². The van der Waals surface area contributed by atoms with Crippen LogP contribution in [-0.4, -0.2) is 22.3 Å². The minimum atomic E-state index is -0.264. The zero-order valence-electron chi connectivity index (χ0n) is 14.4. The molecule has 0 N–H and O–H groups in total. The minimum Gasteiger partial charge on any atom is -0.332 e. The normalized spacial score (nSPS) is 25.3. The SMILES string of the molecule is CCN(C(=O)C1[C@H]2CCC[C@@H]12)[C@@H](c1ccc(F)cc1)c1cccnc1. The Labute approximate surface area is 147 Å². The Morgan fingerprint density at radius 2 is 1.92 bits per heavy atom. The van der Waals surface area contributed by atoms with Crippen LogP contribution >= 0.6 is 0 Å². The lowest BCUT2D eigenvalue weighted by atomic mass is 9.97. The molecule has 2 aromatic rings. The summed E-state index contributed by atoms with van der Waals surface area (Å²) in [5.41, 5.74) is 1.89. The molecule has 2 saturated carbocycles. The summed E-state index contributed by atoms with van der Waals surface area (Å²) in [5.74, 6) is 1.34. The molecule has 2 aliphatic carbocycles. The summed E-state index contributed by atoms with van der Waals surface area (Å²) in [6.45, 7) is 2.65. The molecular weight excluding hydrogens is 315 g/mol. The highest BCUT2D eigenvalue weighted by Crippen LogP contribution is 2.58. The first-order chi connectivity index (χ1) is 12.2. The summed E-state index contributed by atoms with van der Waals surface area (Å²) in [6, 6.07) is 10.1. The van der Waals surface area contributed by atoms with Crippen molar-refractivity contribution in [2.45, 2.75) is 32.2 Å². The average Bonchev–Trinajstić information content (AvgIpc) is 3.12. The monoisotopic (exact) mass is 338 g/mol. The molecule has 0 saturated heterocycles. The number of aromatic nitrogens is 1. The number of carbonyl (C=O) groups is 1. The molecule has 0 spiro atoms. The van der Waals surface area contributed by atoms with Gasteiger partial charge in [-0.3, -0.25) is 9.78 Å². The molecule has 130 valence electrons. The van der Waals surface area contributed by atoms with E-state index in [0.29, 0.717) is 18.4 Å². The van der Waals surface area contributed by atoms with Gasteiger partial charge < -0.3 is 4.90 Å². The van der Waals surface area contributed by atoms with Crippen molar-refractivity contribution in [1.82, 2.24) is 9.88 Å². The van der Waals surface area contributed by atoms with Gasteiger partial charge in [0.05, 0.1) is 6.04 Å². The lowest BCUT2D eigenvalue weighted by molar-refractivity contribution is -0.135. The number of nitrogens with zero attached hydrogens (tertiary/aromatic N) is 2. The molecule has 2 aliphatic rings. The van der Waals surface area contributed by atoms with Crippen LogP contribution in [0.2, 0.25) is 0 Å². The second-order valence-corrected chi connectivity index (χ2v) is 7.15. The third kappa shape index (κ3) is 2.94. The van der Waals surface area contributed by atoms with Gasteiger partial charge in [-0.2, -0.15) is 0 Å². The van der Waals surface area contributed by atoms with E-state index in [1.165, 1.54) is 31.4 Å². The lowest BCUT2D eigenvalue weighted by Gasteiger charge is -2.32. The van der Waals surface area contributed by atoms with Crippen molar-refractivity contribution < 1.29 is 9.18 Å². The van der Waals surface area contributed by atoms with Gasteiger partial charge in [0.15, 0.2) is 0 Å². The number of hydrogen-bond donors (Lipinski definition) is 0. The van der Waals surface area contributed by atoms with Gasteiger partial charge in [-0.1, -0.05) is 24.6 Å². The molecular formula is C21H23FN2O. The quantitative estimate of drug-likeness (QED) is 0.818. The molecule has 1 amide bonds. The van der Waals surface area contributed by atoms with E-state index in [0.717, 1.165) is 11.1 Å². The van der Waals surface area contributed by atoms with Crippen molar-refractivity contribution in [2.75, 3.05) is 6.54 Å². The van der Waals surface area contributed by atoms with Gasteiger partial charge in [0.2, 0.25) is 5.91 Å². The summed E-state index contributed by atoms with van der Waals surface area (Å²) in [6.07, 6.45) is 7.17. The number of carbonyl (C=O) groups excluding carboxylic acids is 1. The molecule has 2 fully saturated rings. The van der Waals surface area contributed by atoms with E-state index in [-0.39, 0.29) is 23.7 Å². The summed E-state index contributed by atoms with van der Waals surface area (Å²) >= 11 is 0. The highest BCUT2D eigenvalue weighted by molar-refractivity contribution is 5.83. The molecule has 3 nitrogen and oxygen atoms in total. The number of pyridine rings is 1. The van der Waals surface area contributed by atoms with Crippen molar-refractivity contribution in [2.24, 2.45) is 17.8 Å². The van der Waals surface area contributed by atoms with Crippen molar-refractivity contribution in [1.29, 1.82) is 0 Å². The molecule has 4 rings (SSSR count). The zero-order valence-corrected chi connectivity index (χ0v) is 14.4. The zero-order chi connectivity index (χ0) is 17.4. The fraction of sp³-hybridized carbons (Fsp3) is 0.429. The molecule has 1 unspecified atom stereocenters. The summed E-state index contributed by atoms with van der Waals surface area (Å²) in [5, 5.41) is 0. The Hall–Kier alpha value is -2.23.